The fourth-order valence-corrected chi connectivity index (χ4v) is 2.85. The van der Waals surface area contributed by atoms with Gasteiger partial charge in [-0.1, -0.05) is 24.6 Å². The Morgan fingerprint density at radius 1 is 1.00 bits per heavy atom. The molecule has 0 spiro atoms. The maximum absolute atomic E-state index is 4.55. The van der Waals surface area contributed by atoms with Crippen LogP contribution in [-0.4, -0.2) is 16.5 Å². The summed E-state index contributed by atoms with van der Waals surface area (Å²) in [5, 5.41) is 3.53. The van der Waals surface area contributed by atoms with Gasteiger partial charge in [0.25, 0.3) is 0 Å². The molecule has 2 rings (SSSR count). The molecule has 21 heavy (non-hydrogen) atoms. The molecule has 3 heteroatoms. The van der Waals surface area contributed by atoms with Gasteiger partial charge in [0.15, 0.2) is 0 Å². The first-order valence-electron chi connectivity index (χ1n) is 7.60. The quantitative estimate of drug-likeness (QED) is 0.911. The second kappa shape index (κ2) is 6.81. The third kappa shape index (κ3) is 3.88. The van der Waals surface area contributed by atoms with Crippen molar-refractivity contribution in [2.75, 3.05) is 6.54 Å². The van der Waals surface area contributed by atoms with Gasteiger partial charge in [0.05, 0.1) is 23.6 Å². The van der Waals surface area contributed by atoms with Crippen LogP contribution in [0.3, 0.4) is 0 Å². The number of likely N-dealkylation sites (N-methyl/N-ethyl adjacent to an activating group) is 1. The van der Waals surface area contributed by atoms with Crippen LogP contribution in [0.2, 0.25) is 0 Å². The van der Waals surface area contributed by atoms with E-state index in [1.807, 2.05) is 19.3 Å². The highest BCUT2D eigenvalue weighted by atomic mass is 14.9. The number of aromatic nitrogens is 2. The van der Waals surface area contributed by atoms with Crippen molar-refractivity contribution in [2.45, 2.75) is 47.1 Å². The molecule has 0 aliphatic heterocycles. The van der Waals surface area contributed by atoms with Crippen molar-refractivity contribution < 1.29 is 0 Å². The van der Waals surface area contributed by atoms with Crippen LogP contribution in [0.25, 0.3) is 0 Å². The summed E-state index contributed by atoms with van der Waals surface area (Å²) >= 11 is 0. The lowest BCUT2D eigenvalue weighted by molar-refractivity contribution is 0.532. The number of rotatable bonds is 5. The molecular weight excluding hydrogens is 258 g/mol. The predicted octanol–water partition coefficient (Wildman–Crippen LogP) is 3.60. The average Bonchev–Trinajstić information content (AvgIpc) is 2.42. The first-order chi connectivity index (χ1) is 10.0. The Morgan fingerprint density at radius 3 is 2.19 bits per heavy atom. The summed E-state index contributed by atoms with van der Waals surface area (Å²) in [5.74, 6) is 0. The van der Waals surface area contributed by atoms with Crippen LogP contribution in [0, 0.1) is 27.7 Å². The molecule has 0 amide bonds. The van der Waals surface area contributed by atoms with Crippen molar-refractivity contribution in [1.29, 1.82) is 0 Å². The summed E-state index contributed by atoms with van der Waals surface area (Å²) in [6, 6.07) is 4.72. The molecule has 0 saturated carbocycles. The predicted molar refractivity (Wildman–Crippen MR) is 87.5 cm³/mol. The highest BCUT2D eigenvalue weighted by Crippen LogP contribution is 2.23. The van der Waals surface area contributed by atoms with Gasteiger partial charge in [-0.05, 0) is 57.4 Å². The second-order valence-corrected chi connectivity index (χ2v) is 5.77. The van der Waals surface area contributed by atoms with E-state index in [9.17, 15) is 0 Å². The zero-order valence-electron chi connectivity index (χ0n) is 13.7. The normalized spacial score (nSPS) is 12.4. The van der Waals surface area contributed by atoms with Gasteiger partial charge < -0.3 is 5.32 Å². The van der Waals surface area contributed by atoms with E-state index in [0.29, 0.717) is 0 Å². The summed E-state index contributed by atoms with van der Waals surface area (Å²) in [4.78, 5) is 8.93. The number of hydrogen-bond donors (Lipinski definition) is 1. The molecule has 0 aliphatic rings. The van der Waals surface area contributed by atoms with Gasteiger partial charge in [-0.3, -0.25) is 9.97 Å². The fraction of sp³-hybridized carbons (Fsp3) is 0.444. The average molecular weight is 283 g/mol. The van der Waals surface area contributed by atoms with Crippen molar-refractivity contribution in [3.05, 3.63) is 58.2 Å². The summed E-state index contributed by atoms with van der Waals surface area (Å²) in [6.07, 6.45) is 4.68. The van der Waals surface area contributed by atoms with Crippen LogP contribution in [0.15, 0.2) is 24.5 Å². The van der Waals surface area contributed by atoms with E-state index in [0.717, 1.165) is 24.4 Å². The SMILES string of the molecule is CCNC(Cc1c(C)cc(C)cc1C)c1cnc(C)cn1. The van der Waals surface area contributed by atoms with Crippen molar-refractivity contribution in [2.24, 2.45) is 0 Å². The van der Waals surface area contributed by atoms with E-state index in [4.69, 9.17) is 0 Å². The Balaban J connectivity index is 2.30. The van der Waals surface area contributed by atoms with Gasteiger partial charge in [0, 0.05) is 6.20 Å². The Kier molecular flexibility index (Phi) is 5.07. The number of aryl methyl sites for hydroxylation is 4. The Labute approximate surface area is 127 Å². The highest BCUT2D eigenvalue weighted by molar-refractivity contribution is 5.38. The summed E-state index contributed by atoms with van der Waals surface area (Å²) < 4.78 is 0. The molecule has 0 aliphatic carbocycles. The van der Waals surface area contributed by atoms with Crippen LogP contribution in [0.1, 0.15) is 46.6 Å². The molecule has 1 N–H and O–H groups in total. The molecule has 1 heterocycles. The topological polar surface area (TPSA) is 37.8 Å². The van der Waals surface area contributed by atoms with E-state index in [-0.39, 0.29) is 6.04 Å². The Bertz CT molecular complexity index is 579. The molecule has 1 aromatic heterocycles. The standard InChI is InChI=1S/C18H25N3/c1-6-19-17(18-11-20-15(5)10-21-18)9-16-13(3)7-12(2)8-14(16)4/h7-8,10-11,17,19H,6,9H2,1-5H3. The lowest BCUT2D eigenvalue weighted by atomic mass is 9.93. The highest BCUT2D eigenvalue weighted by Gasteiger charge is 2.15. The van der Waals surface area contributed by atoms with Gasteiger partial charge in [0.2, 0.25) is 0 Å². The maximum Gasteiger partial charge on any atom is 0.0759 e. The van der Waals surface area contributed by atoms with Gasteiger partial charge >= 0.3 is 0 Å². The first kappa shape index (κ1) is 15.6. The van der Waals surface area contributed by atoms with E-state index in [1.165, 1.54) is 22.3 Å². The van der Waals surface area contributed by atoms with E-state index in [2.05, 4.69) is 55.1 Å². The van der Waals surface area contributed by atoms with Gasteiger partial charge in [-0.2, -0.15) is 0 Å². The largest absolute Gasteiger partial charge is 0.309 e. The lowest BCUT2D eigenvalue weighted by Crippen LogP contribution is -2.24. The van der Waals surface area contributed by atoms with Crippen molar-refractivity contribution in [3.63, 3.8) is 0 Å². The maximum atomic E-state index is 4.55. The molecule has 0 saturated heterocycles. The van der Waals surface area contributed by atoms with Crippen molar-refractivity contribution >= 4 is 0 Å². The third-order valence-electron chi connectivity index (χ3n) is 3.86. The zero-order valence-corrected chi connectivity index (χ0v) is 13.7. The molecule has 112 valence electrons. The minimum atomic E-state index is 0.211. The van der Waals surface area contributed by atoms with E-state index >= 15 is 0 Å². The minimum Gasteiger partial charge on any atom is -0.309 e. The molecule has 1 atom stereocenters. The number of hydrogen-bond acceptors (Lipinski definition) is 3. The smallest absolute Gasteiger partial charge is 0.0759 e. The first-order valence-corrected chi connectivity index (χ1v) is 7.60. The number of nitrogens with one attached hydrogen (secondary N) is 1. The second-order valence-electron chi connectivity index (χ2n) is 5.77. The van der Waals surface area contributed by atoms with E-state index < -0.39 is 0 Å². The van der Waals surface area contributed by atoms with Crippen molar-refractivity contribution in [1.82, 2.24) is 15.3 Å². The number of nitrogens with zero attached hydrogens (tertiary/aromatic N) is 2. The third-order valence-corrected chi connectivity index (χ3v) is 3.86. The molecular formula is C18H25N3. The van der Waals surface area contributed by atoms with Crippen LogP contribution < -0.4 is 5.32 Å². The van der Waals surface area contributed by atoms with Crippen LogP contribution >= 0.6 is 0 Å². The molecule has 0 radical (unpaired) electrons. The molecule has 1 aromatic carbocycles. The van der Waals surface area contributed by atoms with Crippen molar-refractivity contribution in [3.8, 4) is 0 Å². The van der Waals surface area contributed by atoms with Crippen LogP contribution in [0.4, 0.5) is 0 Å². The Morgan fingerprint density at radius 2 is 1.67 bits per heavy atom. The minimum absolute atomic E-state index is 0.211. The molecule has 1 unspecified atom stereocenters. The van der Waals surface area contributed by atoms with Gasteiger partial charge in [-0.15, -0.1) is 0 Å². The Hall–Kier alpha value is -1.74. The summed E-state index contributed by atoms with van der Waals surface area (Å²) in [6.45, 7) is 11.6. The molecule has 0 bridgehead atoms. The molecule has 0 fully saturated rings. The van der Waals surface area contributed by atoms with E-state index in [1.54, 1.807) is 0 Å². The van der Waals surface area contributed by atoms with Gasteiger partial charge in [-0.25, -0.2) is 0 Å². The van der Waals surface area contributed by atoms with Crippen LogP contribution in [0.5, 0.6) is 0 Å². The fourth-order valence-electron chi connectivity index (χ4n) is 2.85. The molecule has 2 aromatic rings. The molecule has 3 nitrogen and oxygen atoms in total. The summed E-state index contributed by atoms with van der Waals surface area (Å²) in [7, 11) is 0. The monoisotopic (exact) mass is 283 g/mol. The van der Waals surface area contributed by atoms with Crippen LogP contribution in [-0.2, 0) is 6.42 Å². The summed E-state index contributed by atoms with van der Waals surface area (Å²) in [5.41, 5.74) is 7.42. The number of benzene rings is 1. The zero-order chi connectivity index (χ0) is 15.4. The lowest BCUT2D eigenvalue weighted by Gasteiger charge is -2.20. The van der Waals surface area contributed by atoms with Gasteiger partial charge in [0.1, 0.15) is 0 Å².